The Hall–Kier alpha value is -2.06. The molecule has 0 aromatic heterocycles. The quantitative estimate of drug-likeness (QED) is 0.0742. The Morgan fingerprint density at radius 1 is 0.448 bits per heavy atom. The second kappa shape index (κ2) is 33.6. The fraction of sp³-hybridized carbons (Fsp3) is 0.346. The molecule has 0 saturated heterocycles. The van der Waals surface area contributed by atoms with Gasteiger partial charge in [0.2, 0.25) is 0 Å². The average Bonchev–Trinajstić information content (AvgIpc) is 3.25. The Labute approximate surface area is 387 Å². The molecule has 0 bridgehead atoms. The van der Waals surface area contributed by atoms with Crippen LogP contribution in [0.1, 0.15) is 82.6 Å². The van der Waals surface area contributed by atoms with Crippen molar-refractivity contribution >= 4 is 89.7 Å². The highest BCUT2D eigenvalue weighted by Crippen LogP contribution is 2.26. The highest BCUT2D eigenvalue weighted by atomic mass is 79.9. The zero-order valence-electron chi connectivity index (χ0n) is 35.9. The summed E-state index contributed by atoms with van der Waals surface area (Å²) in [6, 6.07) is 49.3. The van der Waals surface area contributed by atoms with E-state index >= 15 is 0 Å². The number of halogens is 2. The Balaban J connectivity index is 0.000000257. The molecule has 6 aromatic carbocycles. The van der Waals surface area contributed by atoms with Crippen molar-refractivity contribution < 1.29 is 0 Å². The minimum Gasteiger partial charge on any atom is -0.162 e. The zero-order chi connectivity index (χ0) is 42.2. The smallest absolute Gasteiger partial charge is 0.0226 e. The first-order chi connectivity index (χ1) is 28.3. The third-order valence-corrected chi connectivity index (χ3v) is 14.4. The van der Waals surface area contributed by atoms with E-state index in [-0.39, 0.29) is 0 Å². The number of thioether (sulfide) groups is 4. The first-order valence-electron chi connectivity index (χ1n) is 20.7. The van der Waals surface area contributed by atoms with Crippen molar-refractivity contribution in [3.63, 3.8) is 0 Å². The van der Waals surface area contributed by atoms with E-state index in [1.165, 1.54) is 108 Å². The number of fused-ring (bicyclic) bond motifs is 1. The summed E-state index contributed by atoms with van der Waals surface area (Å²) in [6.45, 7) is 15.4. The molecule has 58 heavy (non-hydrogen) atoms. The largest absolute Gasteiger partial charge is 0.162 e. The fourth-order valence-corrected chi connectivity index (χ4v) is 9.71. The summed E-state index contributed by atoms with van der Waals surface area (Å²) in [5.41, 5.74) is 8.13. The minimum atomic E-state index is 1.10. The monoisotopic (exact) mass is 976 g/mol. The molecule has 6 heteroatoms. The summed E-state index contributed by atoms with van der Waals surface area (Å²) in [5.74, 6) is 8.57. The third-order valence-electron chi connectivity index (χ3n) is 8.43. The molecule has 0 radical (unpaired) electrons. The van der Waals surface area contributed by atoms with Gasteiger partial charge in [-0.2, -0.15) is 35.3 Å². The van der Waals surface area contributed by atoms with Crippen molar-refractivity contribution in [1.82, 2.24) is 0 Å². The van der Waals surface area contributed by atoms with Crippen LogP contribution in [0.3, 0.4) is 0 Å². The van der Waals surface area contributed by atoms with Gasteiger partial charge in [0, 0.05) is 25.3 Å². The normalized spacial score (nSPS) is 10.2. The van der Waals surface area contributed by atoms with E-state index in [0.717, 1.165) is 16.0 Å². The fourth-order valence-electron chi connectivity index (χ4n) is 5.22. The van der Waals surface area contributed by atoms with E-state index in [1.807, 2.05) is 47.0 Å². The average molecular weight is 979 g/mol. The number of hydrogen-bond acceptors (Lipinski definition) is 4. The third kappa shape index (κ3) is 23.1. The molecule has 312 valence electrons. The highest BCUT2D eigenvalue weighted by Gasteiger charge is 2.00. The van der Waals surface area contributed by atoms with Crippen LogP contribution in [0.5, 0.6) is 0 Å². The molecule has 0 amide bonds. The summed E-state index contributed by atoms with van der Waals surface area (Å²) < 4.78 is 2.33. The molecule has 0 heterocycles. The minimum absolute atomic E-state index is 1.10. The molecule has 0 atom stereocenters. The van der Waals surface area contributed by atoms with Crippen molar-refractivity contribution in [3.05, 3.63) is 171 Å². The highest BCUT2D eigenvalue weighted by molar-refractivity contribution is 9.11. The molecule has 0 fully saturated rings. The van der Waals surface area contributed by atoms with Crippen LogP contribution in [-0.2, 0) is 11.5 Å². The van der Waals surface area contributed by atoms with E-state index in [1.54, 1.807) is 0 Å². The molecule has 0 aliphatic rings. The SMILES string of the molecule is CCCSCC.CCCSCc1ccc(Br)cc1Br.CCCSCc1ccccc1.CCCSc1ccc(-c2ccccc2)cc1.Cc1cc2ccccc2cc1C. The van der Waals surface area contributed by atoms with Crippen molar-refractivity contribution in [1.29, 1.82) is 0 Å². The first kappa shape index (κ1) is 52.1. The molecular formula is C52H66Br2S4. The summed E-state index contributed by atoms with van der Waals surface area (Å²) in [5, 5.41) is 2.67. The van der Waals surface area contributed by atoms with Crippen LogP contribution in [0.2, 0.25) is 0 Å². The summed E-state index contributed by atoms with van der Waals surface area (Å²) in [7, 11) is 0. The van der Waals surface area contributed by atoms with Crippen LogP contribution in [-0.4, -0.2) is 28.8 Å². The van der Waals surface area contributed by atoms with Crippen LogP contribution in [0, 0.1) is 13.8 Å². The van der Waals surface area contributed by atoms with E-state index in [4.69, 9.17) is 0 Å². The molecule has 0 spiro atoms. The predicted molar refractivity (Wildman–Crippen MR) is 281 cm³/mol. The number of rotatable bonds is 15. The van der Waals surface area contributed by atoms with Gasteiger partial charge in [-0.15, -0.1) is 11.8 Å². The lowest BCUT2D eigenvalue weighted by Gasteiger charge is -2.03. The van der Waals surface area contributed by atoms with Gasteiger partial charge in [-0.3, -0.25) is 0 Å². The molecule has 0 aliphatic heterocycles. The second-order valence-electron chi connectivity index (χ2n) is 13.5. The van der Waals surface area contributed by atoms with Gasteiger partial charge in [0.05, 0.1) is 0 Å². The summed E-state index contributed by atoms with van der Waals surface area (Å²) in [4.78, 5) is 1.36. The lowest BCUT2D eigenvalue weighted by atomic mass is 10.0. The van der Waals surface area contributed by atoms with Gasteiger partial charge < -0.3 is 0 Å². The van der Waals surface area contributed by atoms with Gasteiger partial charge >= 0.3 is 0 Å². The Bertz CT molecular complexity index is 1850. The van der Waals surface area contributed by atoms with Crippen molar-refractivity contribution in [2.24, 2.45) is 0 Å². The number of aryl methyl sites for hydroxylation is 2. The van der Waals surface area contributed by atoms with Crippen LogP contribution < -0.4 is 0 Å². The van der Waals surface area contributed by atoms with Crippen molar-refractivity contribution in [2.45, 2.75) is 90.6 Å². The van der Waals surface area contributed by atoms with Crippen LogP contribution in [0.25, 0.3) is 21.9 Å². The molecule has 0 unspecified atom stereocenters. The van der Waals surface area contributed by atoms with Gasteiger partial charge in [0.25, 0.3) is 0 Å². The molecular weight excluding hydrogens is 913 g/mol. The van der Waals surface area contributed by atoms with Crippen LogP contribution in [0.15, 0.2) is 153 Å². The Kier molecular flexibility index (Phi) is 30.2. The lowest BCUT2D eigenvalue weighted by Crippen LogP contribution is -1.84. The van der Waals surface area contributed by atoms with E-state index in [9.17, 15) is 0 Å². The zero-order valence-corrected chi connectivity index (χ0v) is 42.4. The van der Waals surface area contributed by atoms with Crippen molar-refractivity contribution in [2.75, 3.05) is 28.8 Å². The van der Waals surface area contributed by atoms with Crippen LogP contribution in [0.4, 0.5) is 0 Å². The summed E-state index contributed by atoms with van der Waals surface area (Å²) in [6.07, 6.45) is 5.07. The van der Waals surface area contributed by atoms with E-state index < -0.39 is 0 Å². The Morgan fingerprint density at radius 3 is 1.43 bits per heavy atom. The molecule has 0 nitrogen and oxygen atoms in total. The van der Waals surface area contributed by atoms with Crippen LogP contribution >= 0.6 is 78.9 Å². The summed E-state index contributed by atoms with van der Waals surface area (Å²) >= 11 is 14.9. The van der Waals surface area contributed by atoms with Gasteiger partial charge in [-0.05, 0) is 137 Å². The lowest BCUT2D eigenvalue weighted by molar-refractivity contribution is 1.10. The number of hydrogen-bond donors (Lipinski definition) is 0. The standard InChI is InChI=1S/C15H16S.C12H12.C10H12Br2S.C10H14S.C5H12S/c1-2-12-16-15-10-8-14(9-11-15)13-6-4-3-5-7-13;1-9-7-11-5-3-4-6-12(11)8-10(9)2;1-2-5-13-7-8-3-4-9(11)6-10(8)12;1-2-8-11-9-10-6-4-3-5-7-10;1-3-5-6-4-2/h3-11H,2,12H2,1H3;3-8H,1-2H3;3-4,6H,2,5,7H2,1H3;3-7H,2,8-9H2,1H3;3-5H2,1-2H3. The Morgan fingerprint density at radius 2 is 0.931 bits per heavy atom. The van der Waals surface area contributed by atoms with Gasteiger partial charge in [0.15, 0.2) is 0 Å². The first-order valence-corrected chi connectivity index (χ1v) is 26.7. The van der Waals surface area contributed by atoms with E-state index in [0.29, 0.717) is 0 Å². The van der Waals surface area contributed by atoms with Gasteiger partial charge in [-0.25, -0.2) is 0 Å². The molecule has 0 saturated carbocycles. The van der Waals surface area contributed by atoms with Gasteiger partial charge in [0.1, 0.15) is 0 Å². The maximum atomic E-state index is 3.56. The van der Waals surface area contributed by atoms with E-state index in [2.05, 4.69) is 220 Å². The topological polar surface area (TPSA) is 0 Å². The maximum Gasteiger partial charge on any atom is 0.0226 e. The maximum absolute atomic E-state index is 3.56. The molecule has 6 aromatic rings. The molecule has 0 N–H and O–H groups in total. The number of benzene rings is 6. The van der Waals surface area contributed by atoms with Crippen molar-refractivity contribution in [3.8, 4) is 11.1 Å². The predicted octanol–water partition coefficient (Wildman–Crippen LogP) is 18.6. The second-order valence-corrected chi connectivity index (χ2v) is 20.1. The molecule has 0 aliphatic carbocycles. The molecule has 6 rings (SSSR count). The van der Waals surface area contributed by atoms with Gasteiger partial charge in [-0.1, -0.05) is 182 Å².